The van der Waals surface area contributed by atoms with E-state index in [0.29, 0.717) is 12.3 Å². The van der Waals surface area contributed by atoms with Crippen LogP contribution in [0.3, 0.4) is 0 Å². The summed E-state index contributed by atoms with van der Waals surface area (Å²) in [5, 5.41) is 3.01. The van der Waals surface area contributed by atoms with Gasteiger partial charge < -0.3 is 10.2 Å². The summed E-state index contributed by atoms with van der Waals surface area (Å²) < 4.78 is 1.04. The van der Waals surface area contributed by atoms with Gasteiger partial charge in [-0.05, 0) is 56.0 Å². The van der Waals surface area contributed by atoms with Gasteiger partial charge >= 0.3 is 0 Å². The molecular weight excluding hydrogens is 460 g/mol. The summed E-state index contributed by atoms with van der Waals surface area (Å²) in [6, 6.07) is 15.7. The first kappa shape index (κ1) is 24.5. The molecular formula is C24H31BrN2O2S. The number of hydrogen-bond donors (Lipinski definition) is 1. The first-order valence-electron chi connectivity index (χ1n) is 10.3. The second-order valence-electron chi connectivity index (χ2n) is 7.56. The Labute approximate surface area is 192 Å². The molecule has 2 aromatic carbocycles. The summed E-state index contributed by atoms with van der Waals surface area (Å²) in [6.45, 7) is 8.29. The van der Waals surface area contributed by atoms with Crippen LogP contribution in [-0.4, -0.2) is 34.6 Å². The Balaban J connectivity index is 2.08. The predicted octanol–water partition coefficient (Wildman–Crippen LogP) is 5.32. The normalized spacial score (nSPS) is 12.8. The molecule has 2 amide bonds. The molecule has 0 aliphatic heterocycles. The number of nitrogens with one attached hydrogen (secondary N) is 1. The van der Waals surface area contributed by atoms with Gasteiger partial charge in [0.05, 0.1) is 5.75 Å². The van der Waals surface area contributed by atoms with Crippen LogP contribution in [0.1, 0.15) is 43.9 Å². The minimum absolute atomic E-state index is 0.0211. The van der Waals surface area contributed by atoms with Crippen molar-refractivity contribution in [1.82, 2.24) is 10.2 Å². The van der Waals surface area contributed by atoms with Crippen molar-refractivity contribution in [3.05, 3.63) is 69.7 Å². The smallest absolute Gasteiger partial charge is 0.242 e. The summed E-state index contributed by atoms with van der Waals surface area (Å²) in [4.78, 5) is 27.6. The molecule has 2 rings (SSSR count). The molecule has 0 aromatic heterocycles. The van der Waals surface area contributed by atoms with Crippen molar-refractivity contribution in [3.63, 3.8) is 0 Å². The third kappa shape index (κ3) is 7.47. The number of carbonyl (C=O) groups is 2. The molecule has 0 aliphatic carbocycles. The standard InChI is InChI=1S/C24H31BrN2O2S/c1-5-18(3)26-24(29)19(4)27(14-21-9-7-6-8-17(21)2)23(28)16-30-15-20-10-12-22(25)13-11-20/h6-13,18-19H,5,14-16H2,1-4H3,(H,26,29)/t18-,19-/m1/s1. The Bertz CT molecular complexity index is 841. The number of aryl methyl sites for hydroxylation is 1. The summed E-state index contributed by atoms with van der Waals surface area (Å²) in [6.07, 6.45) is 0.854. The van der Waals surface area contributed by atoms with Crippen molar-refractivity contribution in [3.8, 4) is 0 Å². The lowest BCUT2D eigenvalue weighted by Crippen LogP contribution is -2.50. The zero-order valence-electron chi connectivity index (χ0n) is 18.2. The fraction of sp³-hybridized carbons (Fsp3) is 0.417. The number of halogens is 1. The first-order valence-corrected chi connectivity index (χ1v) is 12.2. The van der Waals surface area contributed by atoms with E-state index in [1.54, 1.807) is 16.7 Å². The Morgan fingerprint density at radius 1 is 1.10 bits per heavy atom. The summed E-state index contributed by atoms with van der Waals surface area (Å²) in [7, 11) is 0. The van der Waals surface area contributed by atoms with Gasteiger partial charge in [-0.15, -0.1) is 11.8 Å². The summed E-state index contributed by atoms with van der Waals surface area (Å²) >= 11 is 5.01. The molecule has 4 nitrogen and oxygen atoms in total. The summed E-state index contributed by atoms with van der Waals surface area (Å²) in [5.74, 6) is 0.962. The molecule has 30 heavy (non-hydrogen) atoms. The molecule has 2 atom stereocenters. The molecule has 0 bridgehead atoms. The van der Waals surface area contributed by atoms with Crippen molar-refractivity contribution in [2.24, 2.45) is 0 Å². The van der Waals surface area contributed by atoms with Gasteiger partial charge in [-0.3, -0.25) is 9.59 Å². The van der Waals surface area contributed by atoms with Crippen LogP contribution >= 0.6 is 27.7 Å². The monoisotopic (exact) mass is 490 g/mol. The Morgan fingerprint density at radius 3 is 2.40 bits per heavy atom. The average molecular weight is 491 g/mol. The van der Waals surface area contributed by atoms with E-state index in [-0.39, 0.29) is 17.9 Å². The van der Waals surface area contributed by atoms with Gasteiger partial charge in [0.1, 0.15) is 6.04 Å². The first-order chi connectivity index (χ1) is 14.3. The number of carbonyl (C=O) groups excluding carboxylic acids is 2. The van der Waals surface area contributed by atoms with Crippen LogP contribution in [0, 0.1) is 6.92 Å². The van der Waals surface area contributed by atoms with Crippen LogP contribution in [0.15, 0.2) is 53.0 Å². The molecule has 0 spiro atoms. The topological polar surface area (TPSA) is 49.4 Å². The van der Waals surface area contributed by atoms with E-state index in [0.717, 1.165) is 27.8 Å². The Morgan fingerprint density at radius 2 is 1.77 bits per heavy atom. The third-order valence-corrected chi connectivity index (χ3v) is 6.69. The highest BCUT2D eigenvalue weighted by Crippen LogP contribution is 2.19. The van der Waals surface area contributed by atoms with Crippen molar-refractivity contribution >= 4 is 39.5 Å². The molecule has 0 aliphatic rings. The van der Waals surface area contributed by atoms with E-state index in [1.165, 1.54) is 5.56 Å². The van der Waals surface area contributed by atoms with Crippen LogP contribution < -0.4 is 5.32 Å². The molecule has 0 heterocycles. The number of benzene rings is 2. The fourth-order valence-corrected chi connectivity index (χ4v) is 4.07. The highest BCUT2D eigenvalue weighted by molar-refractivity contribution is 9.10. The SMILES string of the molecule is CC[C@@H](C)NC(=O)[C@@H](C)N(Cc1ccccc1C)C(=O)CSCc1ccc(Br)cc1. The second-order valence-corrected chi connectivity index (χ2v) is 9.46. The summed E-state index contributed by atoms with van der Waals surface area (Å²) in [5.41, 5.74) is 3.35. The maximum atomic E-state index is 13.1. The van der Waals surface area contributed by atoms with Gasteiger partial charge in [-0.1, -0.05) is 59.3 Å². The Hall–Kier alpha value is -1.79. The molecule has 0 saturated heterocycles. The lowest BCUT2D eigenvalue weighted by atomic mass is 10.1. The quantitative estimate of drug-likeness (QED) is 0.489. The molecule has 2 aromatic rings. The zero-order chi connectivity index (χ0) is 22.1. The number of thioether (sulfide) groups is 1. The van der Waals surface area contributed by atoms with E-state index in [2.05, 4.69) is 33.4 Å². The van der Waals surface area contributed by atoms with Crippen LogP contribution in [0.2, 0.25) is 0 Å². The highest BCUT2D eigenvalue weighted by atomic mass is 79.9. The predicted molar refractivity (Wildman–Crippen MR) is 129 cm³/mol. The number of hydrogen-bond acceptors (Lipinski definition) is 3. The molecule has 0 unspecified atom stereocenters. The lowest BCUT2D eigenvalue weighted by molar-refractivity contribution is -0.138. The fourth-order valence-electron chi connectivity index (χ4n) is 2.94. The number of amides is 2. The molecule has 162 valence electrons. The minimum Gasteiger partial charge on any atom is -0.352 e. The van der Waals surface area contributed by atoms with Gasteiger partial charge in [0.15, 0.2) is 0 Å². The lowest BCUT2D eigenvalue weighted by Gasteiger charge is -2.30. The third-order valence-electron chi connectivity index (χ3n) is 5.18. The van der Waals surface area contributed by atoms with E-state index in [4.69, 9.17) is 0 Å². The average Bonchev–Trinajstić information content (AvgIpc) is 2.73. The molecule has 0 radical (unpaired) electrons. The maximum absolute atomic E-state index is 13.1. The van der Waals surface area contributed by atoms with Crippen LogP contribution in [0.5, 0.6) is 0 Å². The number of rotatable bonds is 10. The van der Waals surface area contributed by atoms with Crippen molar-refractivity contribution in [2.75, 3.05) is 5.75 Å². The van der Waals surface area contributed by atoms with E-state index >= 15 is 0 Å². The second kappa shape index (κ2) is 12.2. The van der Waals surface area contributed by atoms with Crippen molar-refractivity contribution in [2.45, 2.75) is 58.5 Å². The van der Waals surface area contributed by atoms with E-state index < -0.39 is 6.04 Å². The van der Waals surface area contributed by atoms with Crippen LogP contribution in [-0.2, 0) is 21.9 Å². The van der Waals surface area contributed by atoms with Crippen molar-refractivity contribution < 1.29 is 9.59 Å². The van der Waals surface area contributed by atoms with E-state index in [1.807, 2.05) is 64.1 Å². The van der Waals surface area contributed by atoms with Crippen molar-refractivity contribution in [1.29, 1.82) is 0 Å². The molecule has 1 N–H and O–H groups in total. The molecule has 6 heteroatoms. The minimum atomic E-state index is -0.528. The van der Waals surface area contributed by atoms with Gasteiger partial charge in [-0.2, -0.15) is 0 Å². The maximum Gasteiger partial charge on any atom is 0.242 e. The van der Waals surface area contributed by atoms with Crippen LogP contribution in [0.25, 0.3) is 0 Å². The number of nitrogens with zero attached hydrogens (tertiary/aromatic N) is 1. The zero-order valence-corrected chi connectivity index (χ0v) is 20.6. The largest absolute Gasteiger partial charge is 0.352 e. The van der Waals surface area contributed by atoms with E-state index in [9.17, 15) is 9.59 Å². The Kier molecular flexibility index (Phi) is 9.92. The van der Waals surface area contributed by atoms with Gasteiger partial charge in [-0.25, -0.2) is 0 Å². The molecule has 0 saturated carbocycles. The van der Waals surface area contributed by atoms with Gasteiger partial charge in [0.25, 0.3) is 0 Å². The highest BCUT2D eigenvalue weighted by Gasteiger charge is 2.27. The van der Waals surface area contributed by atoms with Gasteiger partial charge in [0, 0.05) is 22.8 Å². The van der Waals surface area contributed by atoms with Gasteiger partial charge in [0.2, 0.25) is 11.8 Å². The van der Waals surface area contributed by atoms with Crippen LogP contribution in [0.4, 0.5) is 0 Å². The molecule has 0 fully saturated rings.